The Morgan fingerprint density at radius 1 is 1.45 bits per heavy atom. The zero-order valence-corrected chi connectivity index (χ0v) is 10.9. The van der Waals surface area contributed by atoms with Gasteiger partial charge in [-0.3, -0.25) is 9.78 Å². The monoisotopic (exact) mass is 291 g/mol. The largest absolute Gasteiger partial charge is 0.394 e. The number of aromatic amines is 1. The zero-order chi connectivity index (χ0) is 15.0. The molecule has 112 valence electrons. The molecule has 0 aliphatic carbocycles. The molecule has 1 aromatic rings. The number of halogens is 2. The van der Waals surface area contributed by atoms with Gasteiger partial charge in [0.15, 0.2) is 0 Å². The first-order valence-corrected chi connectivity index (χ1v) is 5.97. The highest BCUT2D eigenvalue weighted by atomic mass is 19.1. The summed E-state index contributed by atoms with van der Waals surface area (Å²) in [5.41, 5.74) is -1.69. The van der Waals surface area contributed by atoms with Gasteiger partial charge >= 0.3 is 0 Å². The van der Waals surface area contributed by atoms with Crippen molar-refractivity contribution in [2.75, 3.05) is 13.7 Å². The van der Waals surface area contributed by atoms with Gasteiger partial charge in [0.25, 0.3) is 5.56 Å². The van der Waals surface area contributed by atoms with Crippen molar-refractivity contribution in [1.82, 2.24) is 4.98 Å². The van der Waals surface area contributed by atoms with Gasteiger partial charge in [-0.25, -0.2) is 4.39 Å². The van der Waals surface area contributed by atoms with Crippen molar-refractivity contribution in [3.8, 4) is 0 Å². The smallest absolute Gasteiger partial charge is 0.255 e. The van der Waals surface area contributed by atoms with Crippen molar-refractivity contribution in [3.63, 3.8) is 0 Å². The van der Waals surface area contributed by atoms with Crippen molar-refractivity contribution >= 4 is 0 Å². The number of nitrogens with one attached hydrogen (secondary N) is 1. The fraction of sp³-hybridized carbons (Fsp3) is 0.583. The van der Waals surface area contributed by atoms with Gasteiger partial charge in [-0.05, 0) is 6.92 Å². The van der Waals surface area contributed by atoms with Crippen LogP contribution in [0, 0.1) is 18.7 Å². The van der Waals surface area contributed by atoms with Crippen LogP contribution in [0.4, 0.5) is 8.78 Å². The first-order chi connectivity index (χ1) is 9.42. The summed E-state index contributed by atoms with van der Waals surface area (Å²) in [5, 5.41) is 18.9. The third kappa shape index (κ3) is 2.24. The van der Waals surface area contributed by atoms with E-state index in [1.165, 1.54) is 14.0 Å². The number of aliphatic hydroxyl groups is 2. The Morgan fingerprint density at radius 2 is 2.10 bits per heavy atom. The molecule has 0 spiro atoms. The molecule has 2 rings (SSSR count). The van der Waals surface area contributed by atoms with Crippen LogP contribution in [-0.4, -0.2) is 47.2 Å². The maximum absolute atomic E-state index is 14.1. The molecule has 0 saturated carbocycles. The van der Waals surface area contributed by atoms with Crippen molar-refractivity contribution in [3.05, 3.63) is 33.2 Å². The number of aliphatic hydroxyl groups excluding tert-OH is 2. The average Bonchev–Trinajstić information content (AvgIpc) is 2.72. The fourth-order valence-corrected chi connectivity index (χ4v) is 2.29. The molecule has 0 aromatic carbocycles. The van der Waals surface area contributed by atoms with Crippen LogP contribution in [0.15, 0.2) is 4.79 Å². The lowest BCUT2D eigenvalue weighted by atomic mass is 10.0. The maximum Gasteiger partial charge on any atom is 0.255 e. The number of aromatic nitrogens is 1. The third-order valence-electron chi connectivity index (χ3n) is 3.44. The Hall–Kier alpha value is -1.35. The highest BCUT2D eigenvalue weighted by Gasteiger charge is 2.46. The summed E-state index contributed by atoms with van der Waals surface area (Å²) in [6.07, 6.45) is -4.57. The van der Waals surface area contributed by atoms with E-state index in [4.69, 9.17) is 14.6 Å². The predicted octanol–water partition coefficient (Wildman–Crippen LogP) is -0.230. The van der Waals surface area contributed by atoms with Crippen LogP contribution in [0.3, 0.4) is 0 Å². The highest BCUT2D eigenvalue weighted by molar-refractivity contribution is 5.26. The lowest BCUT2D eigenvalue weighted by Gasteiger charge is -2.20. The third-order valence-corrected chi connectivity index (χ3v) is 3.44. The van der Waals surface area contributed by atoms with Gasteiger partial charge in [0.05, 0.1) is 17.7 Å². The summed E-state index contributed by atoms with van der Waals surface area (Å²) in [5.74, 6) is -2.24. The molecule has 8 heteroatoms. The molecule has 2 heterocycles. The van der Waals surface area contributed by atoms with E-state index in [9.17, 15) is 18.7 Å². The summed E-state index contributed by atoms with van der Waals surface area (Å²) in [7, 11) is 1.25. The second-order valence-electron chi connectivity index (χ2n) is 4.59. The summed E-state index contributed by atoms with van der Waals surface area (Å²) >= 11 is 0. The van der Waals surface area contributed by atoms with E-state index in [1.54, 1.807) is 0 Å². The number of rotatable bonds is 3. The number of hydrogen-bond acceptors (Lipinski definition) is 5. The molecular weight excluding hydrogens is 276 g/mol. The van der Waals surface area contributed by atoms with Crippen molar-refractivity contribution in [1.29, 1.82) is 0 Å². The maximum atomic E-state index is 14.1. The summed E-state index contributed by atoms with van der Waals surface area (Å²) in [6, 6.07) is 0. The van der Waals surface area contributed by atoms with Crippen LogP contribution in [0.25, 0.3) is 0 Å². The molecule has 3 N–H and O–H groups in total. The minimum atomic E-state index is -1.26. The molecule has 6 nitrogen and oxygen atoms in total. The molecule has 20 heavy (non-hydrogen) atoms. The van der Waals surface area contributed by atoms with Gasteiger partial charge in [0.1, 0.15) is 30.2 Å². The van der Waals surface area contributed by atoms with Crippen molar-refractivity contribution < 1.29 is 28.5 Å². The summed E-state index contributed by atoms with van der Waals surface area (Å²) < 4.78 is 38.2. The van der Waals surface area contributed by atoms with Crippen LogP contribution >= 0.6 is 0 Å². The van der Waals surface area contributed by atoms with Gasteiger partial charge in [-0.1, -0.05) is 0 Å². The molecule has 1 fully saturated rings. The van der Waals surface area contributed by atoms with Crippen molar-refractivity contribution in [2.24, 2.45) is 0 Å². The van der Waals surface area contributed by atoms with E-state index in [0.29, 0.717) is 0 Å². The highest BCUT2D eigenvalue weighted by Crippen LogP contribution is 2.37. The Balaban J connectivity index is 2.51. The van der Waals surface area contributed by atoms with E-state index in [0.717, 1.165) is 0 Å². The number of H-pyrrole nitrogens is 1. The zero-order valence-electron chi connectivity index (χ0n) is 10.9. The average molecular weight is 291 g/mol. The molecule has 1 saturated heterocycles. The van der Waals surface area contributed by atoms with E-state index >= 15 is 0 Å². The minimum absolute atomic E-state index is 0.290. The molecule has 0 radical (unpaired) electrons. The van der Waals surface area contributed by atoms with Gasteiger partial charge in [-0.2, -0.15) is 4.39 Å². The van der Waals surface area contributed by atoms with Gasteiger partial charge in [0, 0.05) is 7.11 Å². The first-order valence-electron chi connectivity index (χ1n) is 5.97. The van der Waals surface area contributed by atoms with E-state index in [-0.39, 0.29) is 5.56 Å². The number of pyridine rings is 1. The first kappa shape index (κ1) is 15.0. The molecule has 0 bridgehead atoms. The second kappa shape index (κ2) is 5.57. The Morgan fingerprint density at radius 3 is 2.65 bits per heavy atom. The molecular formula is C12H15F2NO5. The van der Waals surface area contributed by atoms with Gasteiger partial charge < -0.3 is 19.7 Å². The molecule has 4 atom stereocenters. The van der Waals surface area contributed by atoms with Crippen LogP contribution in [0.1, 0.15) is 17.2 Å². The Labute approximate surface area is 113 Å². The van der Waals surface area contributed by atoms with E-state index in [2.05, 4.69) is 0 Å². The van der Waals surface area contributed by atoms with Crippen LogP contribution < -0.4 is 5.56 Å². The molecule has 0 amide bonds. The van der Waals surface area contributed by atoms with Gasteiger partial charge in [0.2, 0.25) is 5.95 Å². The van der Waals surface area contributed by atoms with E-state index < -0.39 is 53.9 Å². The van der Waals surface area contributed by atoms with Crippen molar-refractivity contribution in [2.45, 2.75) is 31.3 Å². The van der Waals surface area contributed by atoms with E-state index in [1.807, 2.05) is 4.98 Å². The topological polar surface area (TPSA) is 91.8 Å². The fourth-order valence-electron chi connectivity index (χ4n) is 2.29. The summed E-state index contributed by atoms with van der Waals surface area (Å²) in [4.78, 5) is 13.1. The second-order valence-corrected chi connectivity index (χ2v) is 4.59. The number of methoxy groups -OCH3 is 1. The quantitative estimate of drug-likeness (QED) is 0.669. The summed E-state index contributed by atoms with van der Waals surface area (Å²) in [6.45, 7) is 0.678. The lowest BCUT2D eigenvalue weighted by molar-refractivity contribution is -0.0263. The minimum Gasteiger partial charge on any atom is -0.394 e. The molecule has 1 aliphatic rings. The molecule has 1 aliphatic heterocycles. The molecule has 1 unspecified atom stereocenters. The normalized spacial score (nSPS) is 29.9. The predicted molar refractivity (Wildman–Crippen MR) is 63.2 cm³/mol. The number of hydrogen-bond donors (Lipinski definition) is 3. The number of ether oxygens (including phenoxy) is 2. The Kier molecular flexibility index (Phi) is 4.19. The van der Waals surface area contributed by atoms with Crippen LogP contribution in [0.5, 0.6) is 0 Å². The lowest BCUT2D eigenvalue weighted by Crippen LogP contribution is -2.34. The molecule has 1 aromatic heterocycles. The van der Waals surface area contributed by atoms with Gasteiger partial charge in [-0.15, -0.1) is 0 Å². The standard InChI is InChI=1S/C12H15F2NO5/c1-4-7(13)6(11(14)15-12(4)18)9-10(19-2)8(17)5(3-16)20-9/h5,8-10,16-17H,3H2,1-2H3,(H,15,18)/t5-,8?,9+,10+/m1/s1. The van der Waals surface area contributed by atoms with Crippen LogP contribution in [-0.2, 0) is 9.47 Å². The van der Waals surface area contributed by atoms with Crippen LogP contribution in [0.2, 0.25) is 0 Å². The Bertz CT molecular complexity index is 562. The SMILES string of the molecule is CO[C@H]1C(O)[C@@H](CO)O[C@H]1c1c(F)[nH]c(=O)c(C)c1F.